The third-order valence-corrected chi connectivity index (χ3v) is 17.5. The molecule has 13 aromatic carbocycles. The minimum atomic E-state index is -0.720. The maximum absolute atomic E-state index is 7.07. The molecule has 15 aromatic rings. The highest BCUT2D eigenvalue weighted by Crippen LogP contribution is 2.64. The van der Waals surface area contributed by atoms with E-state index in [1.165, 1.54) is 105 Å². The van der Waals surface area contributed by atoms with Gasteiger partial charge < -0.3 is 13.9 Å². The van der Waals surface area contributed by atoms with Crippen LogP contribution >= 0.6 is 0 Å². The molecular weight excluding hydrogens is 993 g/mol. The Morgan fingerprint density at radius 2 is 0.695 bits per heavy atom. The van der Waals surface area contributed by atoms with Gasteiger partial charge in [-0.15, -0.1) is 0 Å². The largest absolute Gasteiger partial charge is 0.457 e. The van der Waals surface area contributed by atoms with Crippen LogP contribution in [0.3, 0.4) is 0 Å². The molecule has 1 spiro atoms. The van der Waals surface area contributed by atoms with Crippen LogP contribution in [0.15, 0.2) is 303 Å². The molecule has 382 valence electrons. The molecule has 17 rings (SSSR count). The number of para-hydroxylation sites is 2. The van der Waals surface area contributed by atoms with Crippen LogP contribution in [0.1, 0.15) is 22.3 Å². The van der Waals surface area contributed by atoms with E-state index in [9.17, 15) is 0 Å². The van der Waals surface area contributed by atoms with Crippen molar-refractivity contribution in [3.05, 3.63) is 326 Å². The number of hydrogen-bond donors (Lipinski definition) is 0. The summed E-state index contributed by atoms with van der Waals surface area (Å²) in [6.07, 6.45) is 0. The number of nitrogens with zero attached hydrogens (tertiary/aromatic N) is 2. The quantitative estimate of drug-likeness (QED) is 0.156. The Labute approximate surface area is 475 Å². The van der Waals surface area contributed by atoms with Crippen molar-refractivity contribution in [2.24, 2.45) is 0 Å². The van der Waals surface area contributed by atoms with E-state index in [0.29, 0.717) is 0 Å². The monoisotopic (exact) mass is 1040 g/mol. The fourth-order valence-electron chi connectivity index (χ4n) is 13.9. The minimum Gasteiger partial charge on any atom is -0.457 e. The van der Waals surface area contributed by atoms with E-state index < -0.39 is 5.41 Å². The molecule has 0 unspecified atom stereocenters. The van der Waals surface area contributed by atoms with Crippen LogP contribution in [0.25, 0.3) is 122 Å². The third-order valence-electron chi connectivity index (χ3n) is 17.5. The molecule has 0 radical (unpaired) electrons. The van der Waals surface area contributed by atoms with Gasteiger partial charge in [0.2, 0.25) is 0 Å². The zero-order valence-electron chi connectivity index (χ0n) is 44.7. The van der Waals surface area contributed by atoms with Crippen LogP contribution in [-0.4, -0.2) is 9.13 Å². The average molecular weight is 1040 g/mol. The molecule has 0 amide bonds. The highest BCUT2D eigenvalue weighted by atomic mass is 16.5. The van der Waals surface area contributed by atoms with Gasteiger partial charge in [0.1, 0.15) is 11.5 Å². The van der Waals surface area contributed by atoms with Crippen molar-refractivity contribution in [2.45, 2.75) is 5.41 Å². The van der Waals surface area contributed by atoms with Gasteiger partial charge in [-0.3, -0.25) is 0 Å². The van der Waals surface area contributed by atoms with Gasteiger partial charge in [-0.05, 0) is 157 Å². The summed E-state index contributed by atoms with van der Waals surface area (Å²) in [6.45, 7) is 0. The lowest BCUT2D eigenvalue weighted by molar-refractivity contribution is 0.436. The number of fused-ring (bicyclic) bond motifs is 16. The molecular formula is C79H50N2O. The number of rotatable bonds is 7. The van der Waals surface area contributed by atoms with Gasteiger partial charge in [0.05, 0.1) is 27.5 Å². The maximum atomic E-state index is 7.07. The Hall–Kier alpha value is -10.7. The number of ether oxygens (including phenoxy) is 1. The molecule has 0 atom stereocenters. The molecule has 0 saturated carbocycles. The summed E-state index contributed by atoms with van der Waals surface area (Å²) in [5, 5.41) is 4.85. The lowest BCUT2D eigenvalue weighted by Gasteiger charge is -2.40. The first-order valence-corrected chi connectivity index (χ1v) is 28.3. The second kappa shape index (κ2) is 18.2. The van der Waals surface area contributed by atoms with Gasteiger partial charge in [0.25, 0.3) is 0 Å². The topological polar surface area (TPSA) is 19.1 Å². The summed E-state index contributed by atoms with van der Waals surface area (Å²) in [5.74, 6) is 1.74. The van der Waals surface area contributed by atoms with E-state index in [4.69, 9.17) is 4.74 Å². The zero-order chi connectivity index (χ0) is 53.9. The van der Waals surface area contributed by atoms with Crippen molar-refractivity contribution in [3.63, 3.8) is 0 Å². The molecule has 3 nitrogen and oxygen atoms in total. The van der Waals surface area contributed by atoms with Gasteiger partial charge in [0, 0.05) is 49.6 Å². The van der Waals surface area contributed by atoms with Crippen LogP contribution in [0.2, 0.25) is 0 Å². The third kappa shape index (κ3) is 6.90. The van der Waals surface area contributed by atoms with Gasteiger partial charge in [-0.25, -0.2) is 0 Å². The molecule has 3 heterocycles. The Morgan fingerprint density at radius 1 is 0.244 bits per heavy atom. The molecule has 1 aliphatic carbocycles. The summed E-state index contributed by atoms with van der Waals surface area (Å²) < 4.78 is 12.0. The highest BCUT2D eigenvalue weighted by molar-refractivity contribution is 6.18. The standard InChI is InChI=1S/C79H50N2O/c1-6-20-51(21-7-1)57-36-42-75-70(49-57)79(71-50-58(37-43-76(71)82-75)52-22-8-2-9-23-52)68-32-18-16-31-65(68)77-69(79)39-38-64-67-48-56(35-41-74(67)81(78(64)77)61-28-14-5-15-29-61)55-34-40-73-66(47-55)63-30-17-19-33-72(63)80(73)62-45-59(53-24-10-3-11-25-53)44-60(46-62)54-26-12-4-13-27-54/h1-50H. The lowest BCUT2D eigenvalue weighted by atomic mass is 9.65. The van der Waals surface area contributed by atoms with Crippen LogP contribution in [0.5, 0.6) is 11.5 Å². The fraction of sp³-hybridized carbons (Fsp3) is 0.0127. The normalized spacial score (nSPS) is 12.8. The Bertz CT molecular complexity index is 4890. The summed E-state index contributed by atoms with van der Waals surface area (Å²) in [6, 6.07) is 112. The first-order valence-electron chi connectivity index (χ1n) is 28.3. The summed E-state index contributed by atoms with van der Waals surface area (Å²) in [7, 11) is 0. The average Bonchev–Trinajstić information content (AvgIpc) is 2.32. The first kappa shape index (κ1) is 46.2. The summed E-state index contributed by atoms with van der Waals surface area (Å²) >= 11 is 0. The van der Waals surface area contributed by atoms with Crippen LogP contribution in [0, 0.1) is 0 Å². The van der Waals surface area contributed by atoms with Crippen molar-refractivity contribution in [1.82, 2.24) is 9.13 Å². The van der Waals surface area contributed by atoms with Crippen molar-refractivity contribution in [3.8, 4) is 89.6 Å². The molecule has 0 N–H and O–H groups in total. The van der Waals surface area contributed by atoms with E-state index in [0.717, 1.165) is 50.6 Å². The molecule has 2 aromatic heterocycles. The second-order valence-corrected chi connectivity index (χ2v) is 21.9. The molecule has 2 aliphatic rings. The van der Waals surface area contributed by atoms with Gasteiger partial charge >= 0.3 is 0 Å². The Morgan fingerprint density at radius 3 is 1.28 bits per heavy atom. The van der Waals surface area contributed by atoms with Crippen LogP contribution < -0.4 is 4.74 Å². The minimum absolute atomic E-state index is 0.720. The molecule has 0 bridgehead atoms. The fourth-order valence-corrected chi connectivity index (χ4v) is 13.9. The molecule has 3 heteroatoms. The number of hydrogen-bond acceptors (Lipinski definition) is 1. The molecule has 1 aliphatic heterocycles. The van der Waals surface area contributed by atoms with Crippen LogP contribution in [-0.2, 0) is 5.41 Å². The van der Waals surface area contributed by atoms with Crippen LogP contribution in [0.4, 0.5) is 0 Å². The van der Waals surface area contributed by atoms with Gasteiger partial charge in [-0.2, -0.15) is 0 Å². The predicted octanol–water partition coefficient (Wildman–Crippen LogP) is 20.7. The molecule has 0 saturated heterocycles. The van der Waals surface area contributed by atoms with Crippen molar-refractivity contribution in [2.75, 3.05) is 0 Å². The first-order chi connectivity index (χ1) is 40.7. The second-order valence-electron chi connectivity index (χ2n) is 21.9. The van der Waals surface area contributed by atoms with Crippen molar-refractivity contribution < 1.29 is 4.74 Å². The highest BCUT2D eigenvalue weighted by Gasteiger charge is 2.52. The van der Waals surface area contributed by atoms with Gasteiger partial charge in [0.15, 0.2) is 0 Å². The maximum Gasteiger partial charge on any atom is 0.132 e. The number of benzene rings is 13. The van der Waals surface area contributed by atoms with E-state index in [1.807, 2.05) is 0 Å². The zero-order valence-corrected chi connectivity index (χ0v) is 44.7. The van der Waals surface area contributed by atoms with Crippen molar-refractivity contribution in [1.29, 1.82) is 0 Å². The summed E-state index contributed by atoms with van der Waals surface area (Å²) in [5.41, 5.74) is 25.2. The molecule has 82 heavy (non-hydrogen) atoms. The smallest absolute Gasteiger partial charge is 0.132 e. The Kier molecular flexibility index (Phi) is 10.2. The van der Waals surface area contributed by atoms with Gasteiger partial charge in [-0.1, -0.05) is 218 Å². The number of aromatic nitrogens is 2. The predicted molar refractivity (Wildman–Crippen MR) is 340 cm³/mol. The van der Waals surface area contributed by atoms with Crippen molar-refractivity contribution >= 4 is 43.6 Å². The SMILES string of the molecule is c1ccc(-c2cc(-c3ccccc3)cc(-n3c4ccccc4c4cc(-c5ccc6c(c5)c5ccc7c(c5n6-c5ccccc5)-c5ccccc5C75c6cc(-c7ccccc7)ccc6Oc6ccc(-c7ccccc7)cc65)ccc43)c2)cc1. The summed E-state index contributed by atoms with van der Waals surface area (Å²) in [4.78, 5) is 0. The Balaban J connectivity index is 0.894. The van der Waals surface area contributed by atoms with E-state index in [1.54, 1.807) is 0 Å². The van der Waals surface area contributed by atoms with E-state index in [2.05, 4.69) is 312 Å². The van der Waals surface area contributed by atoms with E-state index >= 15 is 0 Å². The van der Waals surface area contributed by atoms with E-state index in [-0.39, 0.29) is 0 Å². The molecule has 0 fully saturated rings. The lowest BCUT2D eigenvalue weighted by Crippen LogP contribution is -2.32.